The van der Waals surface area contributed by atoms with E-state index in [9.17, 15) is 0 Å². The van der Waals surface area contributed by atoms with Gasteiger partial charge in [-0.3, -0.25) is 0 Å². The van der Waals surface area contributed by atoms with Crippen molar-refractivity contribution in [1.29, 1.82) is 0 Å². The van der Waals surface area contributed by atoms with Crippen molar-refractivity contribution in [2.24, 2.45) is 0 Å². The molecule has 0 radical (unpaired) electrons. The van der Waals surface area contributed by atoms with Crippen molar-refractivity contribution in [2.75, 3.05) is 6.54 Å². The van der Waals surface area contributed by atoms with Crippen LogP contribution in [-0.4, -0.2) is 20.9 Å². The van der Waals surface area contributed by atoms with Gasteiger partial charge in [0.05, 0.1) is 0 Å². The monoisotopic (exact) mass is 300 g/mol. The van der Waals surface area contributed by atoms with E-state index in [2.05, 4.69) is 3.26 Å². The summed E-state index contributed by atoms with van der Waals surface area (Å²) in [7, 11) is 0. The van der Waals surface area contributed by atoms with Crippen LogP contribution in [0.5, 0.6) is 0 Å². The third-order valence-electron chi connectivity index (χ3n) is 0.791. The Balaban J connectivity index is 2.26. The van der Waals surface area contributed by atoms with Gasteiger partial charge in [-0.15, -0.1) is 0 Å². The zero-order valence-corrected chi connectivity index (χ0v) is 6.70. The van der Waals surface area contributed by atoms with Gasteiger partial charge < -0.3 is 0 Å². The van der Waals surface area contributed by atoms with E-state index in [1.165, 1.54) is 0 Å². The van der Waals surface area contributed by atoms with Crippen LogP contribution in [0.4, 0.5) is 0 Å². The molecule has 44 valence electrons. The fourth-order valence-electron chi connectivity index (χ4n) is 0.456. The van der Waals surface area contributed by atoms with E-state index in [4.69, 9.17) is 8.29 Å². The summed E-state index contributed by atoms with van der Waals surface area (Å²) in [5.41, 5.74) is 0. The average molecular weight is 300 g/mol. The van der Waals surface area contributed by atoms with Crippen molar-refractivity contribution >= 4 is 0 Å². The van der Waals surface area contributed by atoms with Gasteiger partial charge in [-0.05, 0) is 0 Å². The van der Waals surface area contributed by atoms with Crippen LogP contribution < -0.4 is 3.26 Å². The van der Waals surface area contributed by atoms with E-state index in [1.54, 1.807) is 0 Å². The normalized spacial score (nSPS) is 36.9. The molecule has 0 amide bonds. The summed E-state index contributed by atoms with van der Waals surface area (Å²) < 4.78 is 12.3. The Morgan fingerprint density at radius 3 is 2.57 bits per heavy atom. The quantitative estimate of drug-likeness (QED) is 0.527. The van der Waals surface area contributed by atoms with E-state index in [0.717, 1.165) is 0 Å². The minimum atomic E-state index is -1.98. The van der Waals surface area contributed by atoms with Gasteiger partial charge in [-0.1, -0.05) is 0 Å². The molecule has 4 heteroatoms. The summed E-state index contributed by atoms with van der Waals surface area (Å²) in [5.74, 6) is 0. The van der Waals surface area contributed by atoms with Crippen molar-refractivity contribution in [3.05, 3.63) is 0 Å². The van der Waals surface area contributed by atoms with Crippen molar-refractivity contribution in [1.82, 2.24) is 3.26 Å². The second kappa shape index (κ2) is 2.36. The first-order chi connectivity index (χ1) is 3.29. The van der Waals surface area contributed by atoms with Gasteiger partial charge in [-0.2, -0.15) is 0 Å². The summed E-state index contributed by atoms with van der Waals surface area (Å²) in [6, 6.07) is 0. The molecule has 0 aromatic rings. The second-order valence-electron chi connectivity index (χ2n) is 1.48. The Bertz CT molecular complexity index is 62.0. The molecule has 0 bridgehead atoms. The van der Waals surface area contributed by atoms with Crippen molar-refractivity contribution in [3.8, 4) is 0 Å². The van der Waals surface area contributed by atoms with Gasteiger partial charge in [0.2, 0.25) is 0 Å². The SMILES string of the molecule is OC1CN[At](O)C1. The van der Waals surface area contributed by atoms with Crippen LogP contribution in [0.25, 0.3) is 0 Å². The molecular formula is C3H8AtNO2. The fourth-order valence-corrected chi connectivity index (χ4v) is 4.00. The van der Waals surface area contributed by atoms with Gasteiger partial charge in [0, 0.05) is 0 Å². The molecule has 3 N–H and O–H groups in total. The van der Waals surface area contributed by atoms with E-state index < -0.39 is 22.5 Å². The summed E-state index contributed by atoms with van der Waals surface area (Å²) in [4.78, 5) is 0. The third-order valence-corrected chi connectivity index (χ3v) is 5.11. The number of hydrogen-bond acceptors (Lipinski definition) is 3. The van der Waals surface area contributed by atoms with Crippen molar-refractivity contribution in [2.45, 2.75) is 10.2 Å². The van der Waals surface area contributed by atoms with Gasteiger partial charge >= 0.3 is 50.8 Å². The number of nitrogens with one attached hydrogen (secondary N) is 1. The van der Waals surface area contributed by atoms with Crippen LogP contribution in [0.3, 0.4) is 0 Å². The van der Waals surface area contributed by atoms with Crippen LogP contribution in [0, 0.1) is 22.5 Å². The Kier molecular flexibility index (Phi) is 1.98. The molecule has 7 heavy (non-hydrogen) atoms. The van der Waals surface area contributed by atoms with Crippen LogP contribution in [-0.2, 0) is 0 Å². The zero-order valence-electron chi connectivity index (χ0n) is 3.76. The molecule has 1 rings (SSSR count). The maximum absolute atomic E-state index is 8.81. The Hall–Kier alpha value is 0.763. The standard InChI is InChI=1S/C3H8AtNO2/c6-3-1-4(7)5-2-3/h3,5-7H,1-2H2. The minimum absolute atomic E-state index is 0.256. The molecule has 3 nitrogen and oxygen atoms in total. The average Bonchev–Trinajstić information content (AvgIpc) is 1.87. The van der Waals surface area contributed by atoms with E-state index in [-0.39, 0.29) is 6.10 Å². The number of aliphatic hydroxyl groups is 1. The third kappa shape index (κ3) is 1.61. The topological polar surface area (TPSA) is 52.5 Å². The number of hydrogen-bond donors (Lipinski definition) is 3. The summed E-state index contributed by atoms with van der Waals surface area (Å²) in [6.07, 6.45) is -0.256. The molecule has 1 fully saturated rings. The van der Waals surface area contributed by atoms with E-state index >= 15 is 0 Å². The van der Waals surface area contributed by atoms with Crippen molar-refractivity contribution < 1.29 is 30.8 Å². The molecular weight excluding hydrogens is 292 g/mol. The molecule has 1 heterocycles. The van der Waals surface area contributed by atoms with Crippen LogP contribution in [0.1, 0.15) is 0 Å². The van der Waals surface area contributed by atoms with Gasteiger partial charge in [-0.25, -0.2) is 0 Å². The molecule has 1 aliphatic heterocycles. The predicted molar refractivity (Wildman–Crippen MR) is 21.0 cm³/mol. The second-order valence-corrected chi connectivity index (χ2v) is 6.35. The van der Waals surface area contributed by atoms with E-state index in [0.29, 0.717) is 10.7 Å². The Morgan fingerprint density at radius 1 is 1.71 bits per heavy atom. The first-order valence-electron chi connectivity index (χ1n) is 2.05. The number of rotatable bonds is 0. The first-order valence-corrected chi connectivity index (χ1v) is 6.92. The molecule has 1 aliphatic rings. The molecule has 1 saturated heterocycles. The van der Waals surface area contributed by atoms with Crippen molar-refractivity contribution in [3.63, 3.8) is 0 Å². The van der Waals surface area contributed by atoms with Crippen LogP contribution in [0.15, 0.2) is 0 Å². The van der Waals surface area contributed by atoms with Crippen LogP contribution >= 0.6 is 0 Å². The summed E-state index contributed by atoms with van der Waals surface area (Å²) in [6.45, 7) is 0.611. The van der Waals surface area contributed by atoms with Crippen LogP contribution in [0.2, 0.25) is 4.13 Å². The molecule has 0 aliphatic carbocycles. The van der Waals surface area contributed by atoms with Gasteiger partial charge in [0.15, 0.2) is 0 Å². The molecule has 0 aromatic carbocycles. The van der Waals surface area contributed by atoms with E-state index in [1.807, 2.05) is 0 Å². The zero-order chi connectivity index (χ0) is 5.28. The molecule has 0 spiro atoms. The molecule has 0 aromatic heterocycles. The predicted octanol–water partition coefficient (Wildman–Crippen LogP) is -1.19. The number of β-amino-alcohol motifs (C(OH)–C–C–N with tert-alkyl or cyclic N) is 1. The summed E-state index contributed by atoms with van der Waals surface area (Å²) in [5, 5.41) is 8.72. The molecule has 0 saturated carbocycles. The number of aliphatic hydroxyl groups excluding tert-OH is 1. The Morgan fingerprint density at radius 2 is 2.43 bits per heavy atom. The summed E-state index contributed by atoms with van der Waals surface area (Å²) >= 11 is -1.98. The first kappa shape index (κ1) is 5.89. The molecule has 1 unspecified atom stereocenters. The van der Waals surface area contributed by atoms with Gasteiger partial charge in [0.1, 0.15) is 0 Å². The maximum atomic E-state index is 8.81. The molecule has 1 atom stereocenters. The fraction of sp³-hybridized carbons (Fsp3) is 1.00. The Labute approximate surface area is 51.0 Å². The van der Waals surface area contributed by atoms with Gasteiger partial charge in [0.25, 0.3) is 0 Å².